The van der Waals surface area contributed by atoms with E-state index in [0.717, 1.165) is 11.3 Å². The third kappa shape index (κ3) is 2.98. The lowest BCUT2D eigenvalue weighted by Gasteiger charge is -2.13. The summed E-state index contributed by atoms with van der Waals surface area (Å²) in [4.78, 5) is 8.27. The number of methoxy groups -OCH3 is 1. The van der Waals surface area contributed by atoms with Crippen LogP contribution in [0.25, 0.3) is 10.8 Å². The Morgan fingerprint density at radius 3 is 2.76 bits per heavy atom. The van der Waals surface area contributed by atoms with Crippen molar-refractivity contribution in [1.29, 1.82) is 0 Å². The quantitative estimate of drug-likeness (QED) is 0.678. The van der Waals surface area contributed by atoms with Crippen molar-refractivity contribution in [3.63, 3.8) is 0 Å². The summed E-state index contributed by atoms with van der Waals surface area (Å²) < 4.78 is 5.12. The molecule has 0 aliphatic rings. The minimum absolute atomic E-state index is 0.143. The lowest BCUT2D eigenvalue weighted by Crippen LogP contribution is -2.00. The van der Waals surface area contributed by atoms with Gasteiger partial charge in [0.15, 0.2) is 0 Å². The Kier molecular flexibility index (Phi) is 4.02. The van der Waals surface area contributed by atoms with Gasteiger partial charge in [-0.3, -0.25) is 0 Å². The Morgan fingerprint density at radius 2 is 1.90 bits per heavy atom. The van der Waals surface area contributed by atoms with E-state index in [9.17, 15) is 0 Å². The molecular formula is C17H15ClN2O. The van der Waals surface area contributed by atoms with Crippen LogP contribution in [0, 0.1) is 0 Å². The van der Waals surface area contributed by atoms with E-state index < -0.39 is 0 Å². The molecule has 106 valence electrons. The van der Waals surface area contributed by atoms with E-state index in [1.165, 1.54) is 17.1 Å². The molecule has 1 aromatic heterocycles. The lowest BCUT2D eigenvalue weighted by molar-refractivity contribution is 0.396. The maximum absolute atomic E-state index is 6.61. The molecule has 3 rings (SSSR count). The molecule has 0 bridgehead atoms. The topological polar surface area (TPSA) is 35.0 Å². The molecule has 2 aromatic carbocycles. The van der Waals surface area contributed by atoms with E-state index >= 15 is 0 Å². The molecule has 3 aromatic rings. The number of halogens is 1. The summed E-state index contributed by atoms with van der Waals surface area (Å²) in [5.41, 5.74) is 1.99. The zero-order valence-electron chi connectivity index (χ0n) is 11.7. The first kappa shape index (κ1) is 13.8. The van der Waals surface area contributed by atoms with Crippen LogP contribution in [0.2, 0.25) is 0 Å². The van der Waals surface area contributed by atoms with E-state index in [2.05, 4.69) is 34.2 Å². The number of ether oxygens (including phenoxy) is 1. The summed E-state index contributed by atoms with van der Waals surface area (Å²) in [6.45, 7) is 0. The fourth-order valence-corrected chi connectivity index (χ4v) is 2.77. The summed E-state index contributed by atoms with van der Waals surface area (Å²) in [5, 5.41) is 2.23. The van der Waals surface area contributed by atoms with E-state index in [-0.39, 0.29) is 5.38 Å². The molecule has 0 saturated carbocycles. The van der Waals surface area contributed by atoms with Crippen LogP contribution in [0.5, 0.6) is 5.88 Å². The standard InChI is InChI=1S/C17H15ClN2O/c1-21-17-10-13(19-11-20-17)9-16(18)15-8-4-6-12-5-2-3-7-14(12)15/h2-8,10-11,16H,9H2,1H3. The largest absolute Gasteiger partial charge is 0.481 e. The van der Waals surface area contributed by atoms with Crippen LogP contribution < -0.4 is 4.74 Å². The van der Waals surface area contributed by atoms with Gasteiger partial charge in [0.05, 0.1) is 12.5 Å². The van der Waals surface area contributed by atoms with Crippen molar-refractivity contribution in [3.05, 3.63) is 66.1 Å². The van der Waals surface area contributed by atoms with Crippen molar-refractivity contribution in [3.8, 4) is 5.88 Å². The van der Waals surface area contributed by atoms with E-state index in [0.29, 0.717) is 12.3 Å². The lowest BCUT2D eigenvalue weighted by atomic mass is 10.00. The first-order valence-corrected chi connectivity index (χ1v) is 7.18. The summed E-state index contributed by atoms with van der Waals surface area (Å²) in [6, 6.07) is 16.3. The fraction of sp³-hybridized carbons (Fsp3) is 0.176. The van der Waals surface area contributed by atoms with Gasteiger partial charge in [0.25, 0.3) is 0 Å². The molecule has 0 fully saturated rings. The molecule has 0 aliphatic carbocycles. The third-order valence-corrected chi connectivity index (χ3v) is 3.85. The number of nitrogens with zero attached hydrogens (tertiary/aromatic N) is 2. The second kappa shape index (κ2) is 6.10. The number of hydrogen-bond donors (Lipinski definition) is 0. The molecule has 0 radical (unpaired) electrons. The molecule has 21 heavy (non-hydrogen) atoms. The van der Waals surface area contributed by atoms with Gasteiger partial charge in [-0.15, -0.1) is 11.6 Å². The second-order valence-electron chi connectivity index (χ2n) is 4.79. The first-order valence-electron chi connectivity index (χ1n) is 6.74. The van der Waals surface area contributed by atoms with Gasteiger partial charge in [-0.2, -0.15) is 0 Å². The van der Waals surface area contributed by atoms with Crippen molar-refractivity contribution in [2.75, 3.05) is 7.11 Å². The normalized spacial score (nSPS) is 12.3. The average molecular weight is 299 g/mol. The zero-order valence-corrected chi connectivity index (χ0v) is 12.4. The van der Waals surface area contributed by atoms with Crippen LogP contribution in [0.4, 0.5) is 0 Å². The van der Waals surface area contributed by atoms with Crippen LogP contribution in [0.15, 0.2) is 54.9 Å². The highest BCUT2D eigenvalue weighted by Gasteiger charge is 2.13. The number of hydrogen-bond acceptors (Lipinski definition) is 3. The van der Waals surface area contributed by atoms with Crippen molar-refractivity contribution >= 4 is 22.4 Å². The van der Waals surface area contributed by atoms with Crippen LogP contribution in [0.3, 0.4) is 0 Å². The van der Waals surface area contributed by atoms with Crippen molar-refractivity contribution < 1.29 is 4.74 Å². The minimum atomic E-state index is -0.143. The Balaban J connectivity index is 1.91. The summed E-state index contributed by atoms with van der Waals surface area (Å²) >= 11 is 6.61. The Bertz CT molecular complexity index is 755. The van der Waals surface area contributed by atoms with Gasteiger partial charge in [-0.1, -0.05) is 42.5 Å². The minimum Gasteiger partial charge on any atom is -0.481 e. The van der Waals surface area contributed by atoms with Gasteiger partial charge in [0.1, 0.15) is 6.33 Å². The number of aromatic nitrogens is 2. The Hall–Kier alpha value is -2.13. The van der Waals surface area contributed by atoms with Gasteiger partial charge in [0, 0.05) is 18.2 Å². The van der Waals surface area contributed by atoms with Gasteiger partial charge in [0.2, 0.25) is 5.88 Å². The molecule has 3 nitrogen and oxygen atoms in total. The molecular weight excluding hydrogens is 284 g/mol. The van der Waals surface area contributed by atoms with Crippen LogP contribution in [-0.4, -0.2) is 17.1 Å². The molecule has 1 unspecified atom stereocenters. The van der Waals surface area contributed by atoms with Gasteiger partial charge >= 0.3 is 0 Å². The van der Waals surface area contributed by atoms with Crippen LogP contribution >= 0.6 is 11.6 Å². The maximum atomic E-state index is 6.61. The smallest absolute Gasteiger partial charge is 0.216 e. The van der Waals surface area contributed by atoms with Crippen molar-refractivity contribution in [2.45, 2.75) is 11.8 Å². The van der Waals surface area contributed by atoms with Gasteiger partial charge in [-0.25, -0.2) is 9.97 Å². The SMILES string of the molecule is COc1cc(CC(Cl)c2cccc3ccccc23)ncn1. The molecule has 1 heterocycles. The maximum Gasteiger partial charge on any atom is 0.216 e. The molecule has 4 heteroatoms. The second-order valence-corrected chi connectivity index (χ2v) is 5.32. The predicted molar refractivity (Wildman–Crippen MR) is 84.8 cm³/mol. The molecule has 0 amide bonds. The summed E-state index contributed by atoms with van der Waals surface area (Å²) in [7, 11) is 1.59. The van der Waals surface area contributed by atoms with Gasteiger partial charge < -0.3 is 4.74 Å². The highest BCUT2D eigenvalue weighted by atomic mass is 35.5. The Morgan fingerprint density at radius 1 is 1.10 bits per heavy atom. The predicted octanol–water partition coefficient (Wildman–Crippen LogP) is 4.16. The molecule has 1 atom stereocenters. The van der Waals surface area contributed by atoms with Gasteiger partial charge in [-0.05, 0) is 16.3 Å². The zero-order chi connectivity index (χ0) is 14.7. The van der Waals surface area contributed by atoms with Crippen LogP contribution in [0.1, 0.15) is 16.6 Å². The fourth-order valence-electron chi connectivity index (χ4n) is 2.42. The molecule has 0 spiro atoms. The highest BCUT2D eigenvalue weighted by Crippen LogP contribution is 2.31. The molecule has 0 saturated heterocycles. The third-order valence-electron chi connectivity index (χ3n) is 3.46. The highest BCUT2D eigenvalue weighted by molar-refractivity contribution is 6.22. The number of rotatable bonds is 4. The summed E-state index contributed by atoms with van der Waals surface area (Å²) in [5.74, 6) is 0.557. The van der Waals surface area contributed by atoms with E-state index in [4.69, 9.17) is 16.3 Å². The van der Waals surface area contributed by atoms with Crippen molar-refractivity contribution in [2.24, 2.45) is 0 Å². The van der Waals surface area contributed by atoms with Crippen LogP contribution in [-0.2, 0) is 6.42 Å². The number of alkyl halides is 1. The van der Waals surface area contributed by atoms with E-state index in [1.54, 1.807) is 7.11 Å². The Labute approximate surface area is 128 Å². The monoisotopic (exact) mass is 298 g/mol. The summed E-state index contributed by atoms with van der Waals surface area (Å²) in [6.07, 6.45) is 2.13. The number of fused-ring (bicyclic) bond motifs is 1. The number of benzene rings is 2. The molecule has 0 N–H and O–H groups in total. The van der Waals surface area contributed by atoms with E-state index in [1.807, 2.05) is 24.3 Å². The molecule has 0 aliphatic heterocycles. The average Bonchev–Trinajstić information content (AvgIpc) is 2.54. The van der Waals surface area contributed by atoms with Crippen molar-refractivity contribution in [1.82, 2.24) is 9.97 Å². The first-order chi connectivity index (χ1) is 10.3.